The molecule has 0 unspecified atom stereocenters. The van der Waals surface area contributed by atoms with Crippen LogP contribution in [0.2, 0.25) is 0 Å². The van der Waals surface area contributed by atoms with Gasteiger partial charge in [0.25, 0.3) is 5.56 Å². The highest BCUT2D eigenvalue weighted by Gasteiger charge is 2.21. The first-order chi connectivity index (χ1) is 14.3. The molecule has 0 spiro atoms. The Kier molecular flexibility index (Phi) is 6.66. The lowest BCUT2D eigenvalue weighted by molar-refractivity contribution is 0.0598. The van der Waals surface area contributed by atoms with Crippen LogP contribution in [0, 0.1) is 13.8 Å². The number of esters is 1. The van der Waals surface area contributed by atoms with Crippen molar-refractivity contribution in [1.29, 1.82) is 0 Å². The van der Waals surface area contributed by atoms with Crippen LogP contribution in [0.5, 0.6) is 0 Å². The molecule has 158 valence electrons. The van der Waals surface area contributed by atoms with Gasteiger partial charge in [-0.2, -0.15) is 0 Å². The SMILES string of the molecule is CCCc1c(Sc2cc(C)cc(C)c2)n(Cc2occc2C(=O)OC)c(=O)[nH]c1=O. The summed E-state index contributed by atoms with van der Waals surface area (Å²) in [5.74, 6) is -0.255. The average Bonchev–Trinajstić information content (AvgIpc) is 3.14. The number of hydrogen-bond donors (Lipinski definition) is 1. The first kappa shape index (κ1) is 21.7. The molecule has 0 radical (unpaired) electrons. The predicted molar refractivity (Wildman–Crippen MR) is 115 cm³/mol. The summed E-state index contributed by atoms with van der Waals surface area (Å²) in [4.78, 5) is 40.7. The van der Waals surface area contributed by atoms with E-state index in [-0.39, 0.29) is 12.1 Å². The Morgan fingerprint density at radius 2 is 1.90 bits per heavy atom. The summed E-state index contributed by atoms with van der Waals surface area (Å²) in [5, 5.41) is 0.544. The van der Waals surface area contributed by atoms with Crippen LogP contribution >= 0.6 is 11.8 Å². The second kappa shape index (κ2) is 9.21. The minimum Gasteiger partial charge on any atom is -0.467 e. The van der Waals surface area contributed by atoms with E-state index in [2.05, 4.69) is 11.1 Å². The number of hydrogen-bond acceptors (Lipinski definition) is 6. The first-order valence-electron chi connectivity index (χ1n) is 9.60. The van der Waals surface area contributed by atoms with Crippen molar-refractivity contribution in [3.8, 4) is 0 Å². The molecule has 0 aliphatic heterocycles. The van der Waals surface area contributed by atoms with Gasteiger partial charge in [-0.1, -0.05) is 31.2 Å². The summed E-state index contributed by atoms with van der Waals surface area (Å²) in [6.07, 6.45) is 2.64. The number of aromatic nitrogens is 2. The lowest BCUT2D eigenvalue weighted by atomic mass is 10.2. The summed E-state index contributed by atoms with van der Waals surface area (Å²) in [6.45, 7) is 5.97. The molecule has 2 heterocycles. The maximum Gasteiger partial charge on any atom is 0.341 e. The van der Waals surface area contributed by atoms with E-state index < -0.39 is 17.2 Å². The zero-order valence-electron chi connectivity index (χ0n) is 17.4. The van der Waals surface area contributed by atoms with Crippen molar-refractivity contribution in [2.75, 3.05) is 7.11 Å². The third kappa shape index (κ3) is 4.59. The van der Waals surface area contributed by atoms with Crippen LogP contribution in [0.25, 0.3) is 0 Å². The van der Waals surface area contributed by atoms with E-state index in [0.717, 1.165) is 22.4 Å². The molecule has 2 aromatic heterocycles. The van der Waals surface area contributed by atoms with Gasteiger partial charge in [0.15, 0.2) is 0 Å². The Bertz CT molecular complexity index is 1170. The number of carbonyl (C=O) groups is 1. The van der Waals surface area contributed by atoms with E-state index in [1.165, 1.54) is 35.8 Å². The predicted octanol–water partition coefficient (Wildman–Crippen LogP) is 3.69. The second-order valence-electron chi connectivity index (χ2n) is 7.05. The smallest absolute Gasteiger partial charge is 0.341 e. The lowest BCUT2D eigenvalue weighted by Crippen LogP contribution is -2.34. The third-order valence-corrected chi connectivity index (χ3v) is 5.74. The van der Waals surface area contributed by atoms with Crippen LogP contribution < -0.4 is 11.2 Å². The Morgan fingerprint density at radius 3 is 2.53 bits per heavy atom. The number of ether oxygens (including phenoxy) is 1. The first-order valence-corrected chi connectivity index (χ1v) is 10.4. The number of carbonyl (C=O) groups excluding carboxylic acids is 1. The molecule has 0 atom stereocenters. The molecule has 0 bridgehead atoms. The largest absolute Gasteiger partial charge is 0.467 e. The zero-order chi connectivity index (χ0) is 21.8. The third-order valence-electron chi connectivity index (χ3n) is 4.61. The molecule has 0 amide bonds. The monoisotopic (exact) mass is 428 g/mol. The molecule has 0 saturated heterocycles. The molecule has 7 nitrogen and oxygen atoms in total. The van der Waals surface area contributed by atoms with Gasteiger partial charge < -0.3 is 9.15 Å². The van der Waals surface area contributed by atoms with Crippen molar-refractivity contribution in [2.24, 2.45) is 0 Å². The Morgan fingerprint density at radius 1 is 1.20 bits per heavy atom. The Labute approximate surface area is 178 Å². The highest BCUT2D eigenvalue weighted by molar-refractivity contribution is 7.99. The van der Waals surface area contributed by atoms with Crippen molar-refractivity contribution in [3.63, 3.8) is 0 Å². The topological polar surface area (TPSA) is 94.3 Å². The summed E-state index contributed by atoms with van der Waals surface area (Å²) < 4.78 is 11.7. The highest BCUT2D eigenvalue weighted by Crippen LogP contribution is 2.31. The van der Waals surface area contributed by atoms with Crippen molar-refractivity contribution in [2.45, 2.75) is 50.1 Å². The lowest BCUT2D eigenvalue weighted by Gasteiger charge is -2.16. The average molecular weight is 429 g/mol. The molecule has 8 heteroatoms. The van der Waals surface area contributed by atoms with E-state index in [1.54, 1.807) is 0 Å². The van der Waals surface area contributed by atoms with Gasteiger partial charge >= 0.3 is 11.7 Å². The van der Waals surface area contributed by atoms with Gasteiger partial charge in [0.05, 0.1) is 24.9 Å². The molecule has 0 fully saturated rings. The van der Waals surface area contributed by atoms with E-state index in [0.29, 0.717) is 22.8 Å². The van der Waals surface area contributed by atoms with Gasteiger partial charge in [-0.05, 0) is 49.6 Å². The molecule has 3 rings (SSSR count). The number of aryl methyl sites for hydroxylation is 2. The molecular weight excluding hydrogens is 404 g/mol. The van der Waals surface area contributed by atoms with Crippen molar-refractivity contribution in [3.05, 3.63) is 79.4 Å². The molecule has 30 heavy (non-hydrogen) atoms. The maximum absolute atomic E-state index is 12.8. The number of aromatic amines is 1. The molecular formula is C22H24N2O5S. The number of rotatable bonds is 7. The standard InChI is InChI=1S/C22H24N2O5S/c1-5-6-17-19(25)23-22(27)24(12-18-16(7-8-29-18)21(26)28-4)20(17)30-15-10-13(2)9-14(3)11-15/h7-11H,5-6,12H2,1-4H3,(H,23,25,27). The Balaban J connectivity index is 2.16. The van der Waals surface area contributed by atoms with E-state index in [1.807, 2.05) is 32.9 Å². The number of furan rings is 1. The number of H-pyrrole nitrogens is 1. The number of methoxy groups -OCH3 is 1. The van der Waals surface area contributed by atoms with Crippen LogP contribution in [0.3, 0.4) is 0 Å². The molecule has 0 aliphatic carbocycles. The summed E-state index contributed by atoms with van der Waals surface area (Å²) in [5.41, 5.74) is 2.01. The van der Waals surface area contributed by atoms with Crippen molar-refractivity contribution < 1.29 is 13.9 Å². The quantitative estimate of drug-likeness (QED) is 0.456. The van der Waals surface area contributed by atoms with Crippen molar-refractivity contribution in [1.82, 2.24) is 9.55 Å². The highest BCUT2D eigenvalue weighted by atomic mass is 32.2. The summed E-state index contributed by atoms with van der Waals surface area (Å²) in [6, 6.07) is 7.58. The van der Waals surface area contributed by atoms with Crippen LogP contribution in [0.15, 0.2) is 54.5 Å². The number of benzene rings is 1. The van der Waals surface area contributed by atoms with E-state index in [4.69, 9.17) is 9.15 Å². The molecule has 1 N–H and O–H groups in total. The fraction of sp³-hybridized carbons (Fsp3) is 0.318. The fourth-order valence-corrected chi connectivity index (χ4v) is 4.61. The van der Waals surface area contributed by atoms with Gasteiger partial charge in [0.2, 0.25) is 0 Å². The number of nitrogens with zero attached hydrogens (tertiary/aromatic N) is 1. The normalized spacial score (nSPS) is 10.9. The molecule has 0 aliphatic rings. The molecule has 0 saturated carbocycles. The van der Waals surface area contributed by atoms with Crippen LogP contribution in [-0.4, -0.2) is 22.6 Å². The zero-order valence-corrected chi connectivity index (χ0v) is 18.2. The van der Waals surface area contributed by atoms with Gasteiger partial charge in [-0.3, -0.25) is 14.3 Å². The minimum atomic E-state index is -0.557. The second-order valence-corrected chi connectivity index (χ2v) is 8.12. The minimum absolute atomic E-state index is 0.00308. The van der Waals surface area contributed by atoms with Gasteiger partial charge in [-0.25, -0.2) is 9.59 Å². The summed E-state index contributed by atoms with van der Waals surface area (Å²) >= 11 is 1.36. The van der Waals surface area contributed by atoms with Crippen LogP contribution in [-0.2, 0) is 17.7 Å². The van der Waals surface area contributed by atoms with Crippen molar-refractivity contribution >= 4 is 17.7 Å². The maximum atomic E-state index is 12.8. The van der Waals surface area contributed by atoms with Crippen LogP contribution in [0.4, 0.5) is 0 Å². The molecule has 3 aromatic rings. The van der Waals surface area contributed by atoms with E-state index in [9.17, 15) is 14.4 Å². The molecule has 1 aromatic carbocycles. The Hall–Kier alpha value is -3.00. The number of nitrogens with one attached hydrogen (secondary N) is 1. The van der Waals surface area contributed by atoms with Gasteiger partial charge in [0.1, 0.15) is 11.3 Å². The van der Waals surface area contributed by atoms with Crippen LogP contribution in [0.1, 0.15) is 46.2 Å². The van der Waals surface area contributed by atoms with Gasteiger partial charge in [-0.15, -0.1) is 0 Å². The van der Waals surface area contributed by atoms with Gasteiger partial charge in [0, 0.05) is 10.5 Å². The fourth-order valence-electron chi connectivity index (χ4n) is 3.33. The van der Waals surface area contributed by atoms with E-state index >= 15 is 0 Å². The summed E-state index contributed by atoms with van der Waals surface area (Å²) in [7, 11) is 1.28.